The molecule has 0 N–H and O–H groups in total. The summed E-state index contributed by atoms with van der Waals surface area (Å²) in [4.78, 5) is 25.4. The van der Waals surface area contributed by atoms with E-state index in [9.17, 15) is 9.59 Å². The molecule has 4 saturated carbocycles. The second-order valence-electron chi connectivity index (χ2n) is 11.6. The first kappa shape index (κ1) is 21.2. The number of carbonyl (C=O) groups excluding carboxylic acids is 2. The third-order valence-electron chi connectivity index (χ3n) is 10.6. The second kappa shape index (κ2) is 7.44. The van der Waals surface area contributed by atoms with Crippen molar-refractivity contribution in [3.63, 3.8) is 0 Å². The molecule has 1 saturated heterocycles. The Balaban J connectivity index is 1.41. The van der Waals surface area contributed by atoms with Crippen LogP contribution in [0, 0.1) is 34.5 Å². The van der Waals surface area contributed by atoms with Gasteiger partial charge >= 0.3 is 7.12 Å². The van der Waals surface area contributed by atoms with Gasteiger partial charge < -0.3 is 9.31 Å². The number of hydrogen-bond donors (Lipinski definition) is 0. The van der Waals surface area contributed by atoms with Crippen LogP contribution in [0.5, 0.6) is 0 Å². The molecule has 7 atom stereocenters. The number of fused-ring (bicyclic) bond motifs is 6. The summed E-state index contributed by atoms with van der Waals surface area (Å²) in [6.45, 7) is 7.28. The summed E-state index contributed by atoms with van der Waals surface area (Å²) in [5.74, 6) is 3.23. The summed E-state index contributed by atoms with van der Waals surface area (Å²) in [7, 11) is -0.214. The van der Waals surface area contributed by atoms with E-state index in [1.807, 2.05) is 0 Å². The minimum absolute atomic E-state index is 0.0623. The Hall–Kier alpha value is -0.675. The van der Waals surface area contributed by atoms with Crippen molar-refractivity contribution in [1.82, 2.24) is 0 Å². The highest BCUT2D eigenvalue weighted by molar-refractivity contribution is 6.46. The van der Waals surface area contributed by atoms with E-state index in [-0.39, 0.29) is 24.9 Å². The molecule has 7 unspecified atom stereocenters. The summed E-state index contributed by atoms with van der Waals surface area (Å²) in [6, 6.07) is 0. The third-order valence-corrected chi connectivity index (χ3v) is 10.6. The topological polar surface area (TPSA) is 52.6 Å². The van der Waals surface area contributed by atoms with Crippen LogP contribution in [0.2, 0.25) is 6.32 Å². The molecular weight excluding hydrogens is 375 g/mol. The SMILES string of the molecule is CCCCB1OCC(=O)C2(CCC3C4CCC5CC(=O)CCC5(C)C4CCC32C)O1. The maximum Gasteiger partial charge on any atom is 0.457 e. The predicted octanol–water partition coefficient (Wildman–Crippen LogP) is 5.24. The van der Waals surface area contributed by atoms with Gasteiger partial charge in [-0.2, -0.15) is 0 Å². The van der Waals surface area contributed by atoms with Gasteiger partial charge in [0, 0.05) is 18.3 Å². The van der Waals surface area contributed by atoms with Crippen LogP contribution >= 0.6 is 0 Å². The molecule has 1 spiro atoms. The monoisotopic (exact) mass is 414 g/mol. The highest BCUT2D eigenvalue weighted by Gasteiger charge is 2.69. The second-order valence-corrected chi connectivity index (χ2v) is 11.6. The average Bonchev–Trinajstić information content (AvgIpc) is 3.02. The highest BCUT2D eigenvalue weighted by atomic mass is 16.6. The molecule has 166 valence electrons. The van der Waals surface area contributed by atoms with Crippen molar-refractivity contribution in [3.05, 3.63) is 0 Å². The first-order valence-electron chi connectivity index (χ1n) is 12.7. The fourth-order valence-electron chi connectivity index (χ4n) is 8.82. The van der Waals surface area contributed by atoms with Crippen LogP contribution in [0.25, 0.3) is 0 Å². The van der Waals surface area contributed by atoms with Gasteiger partial charge in [0.05, 0.1) is 6.61 Å². The van der Waals surface area contributed by atoms with Gasteiger partial charge in [-0.15, -0.1) is 0 Å². The number of unbranched alkanes of at least 4 members (excludes halogenated alkanes) is 1. The van der Waals surface area contributed by atoms with E-state index in [1.165, 1.54) is 19.3 Å². The summed E-state index contributed by atoms with van der Waals surface area (Å²) < 4.78 is 12.4. The van der Waals surface area contributed by atoms with E-state index >= 15 is 0 Å². The van der Waals surface area contributed by atoms with Crippen LogP contribution in [0.15, 0.2) is 0 Å². The Bertz CT molecular complexity index is 724. The lowest BCUT2D eigenvalue weighted by molar-refractivity contribution is -0.176. The largest absolute Gasteiger partial charge is 0.457 e. The van der Waals surface area contributed by atoms with Crippen LogP contribution in [0.3, 0.4) is 0 Å². The maximum absolute atomic E-state index is 13.3. The quantitative estimate of drug-likeness (QED) is 0.593. The van der Waals surface area contributed by atoms with E-state index < -0.39 is 5.60 Å². The number of carbonyl (C=O) groups is 2. The van der Waals surface area contributed by atoms with Gasteiger partial charge in [-0.25, -0.2) is 0 Å². The van der Waals surface area contributed by atoms with Crippen LogP contribution in [-0.2, 0) is 18.9 Å². The molecule has 5 heteroatoms. The molecule has 0 aromatic carbocycles. The van der Waals surface area contributed by atoms with Crippen LogP contribution < -0.4 is 0 Å². The zero-order chi connectivity index (χ0) is 21.1. The minimum atomic E-state index is -0.625. The van der Waals surface area contributed by atoms with Gasteiger partial charge in [0.2, 0.25) is 0 Å². The highest BCUT2D eigenvalue weighted by Crippen LogP contribution is 2.69. The molecule has 0 aromatic heterocycles. The van der Waals surface area contributed by atoms with Crippen molar-refractivity contribution < 1.29 is 18.9 Å². The van der Waals surface area contributed by atoms with Gasteiger partial charge in [-0.1, -0.05) is 33.6 Å². The Labute approximate surface area is 182 Å². The van der Waals surface area contributed by atoms with E-state index in [1.54, 1.807) is 0 Å². The molecule has 1 aliphatic heterocycles. The molecule has 0 aromatic rings. The van der Waals surface area contributed by atoms with Crippen molar-refractivity contribution in [3.8, 4) is 0 Å². The number of rotatable bonds is 3. The van der Waals surface area contributed by atoms with Crippen LogP contribution in [0.1, 0.15) is 91.4 Å². The smallest absolute Gasteiger partial charge is 0.404 e. The van der Waals surface area contributed by atoms with Gasteiger partial charge in [-0.3, -0.25) is 9.59 Å². The fourth-order valence-corrected chi connectivity index (χ4v) is 8.82. The van der Waals surface area contributed by atoms with Crippen molar-refractivity contribution >= 4 is 18.7 Å². The molecule has 4 aliphatic carbocycles. The van der Waals surface area contributed by atoms with Crippen LogP contribution in [-0.4, -0.2) is 30.9 Å². The summed E-state index contributed by atoms with van der Waals surface area (Å²) in [5, 5.41) is 0. The lowest BCUT2D eigenvalue weighted by Gasteiger charge is -2.61. The molecule has 30 heavy (non-hydrogen) atoms. The van der Waals surface area contributed by atoms with Crippen molar-refractivity contribution in [1.29, 1.82) is 0 Å². The third kappa shape index (κ3) is 2.86. The molecule has 0 amide bonds. The normalized spacial score (nSPS) is 48.4. The molecular formula is C25H39BO4. The van der Waals surface area contributed by atoms with Crippen molar-refractivity contribution in [2.45, 2.75) is 103 Å². The summed E-state index contributed by atoms with van der Waals surface area (Å²) in [6.07, 6.45) is 12.5. The summed E-state index contributed by atoms with van der Waals surface area (Å²) >= 11 is 0. The average molecular weight is 414 g/mol. The Kier molecular flexibility index (Phi) is 5.25. The first-order chi connectivity index (χ1) is 14.3. The van der Waals surface area contributed by atoms with E-state index in [4.69, 9.17) is 9.31 Å². The summed E-state index contributed by atoms with van der Waals surface area (Å²) in [5.41, 5.74) is -0.370. The Morgan fingerprint density at radius 3 is 2.63 bits per heavy atom. The number of hydrogen-bond acceptors (Lipinski definition) is 4. The zero-order valence-corrected chi connectivity index (χ0v) is 19.2. The van der Waals surface area contributed by atoms with Crippen molar-refractivity contribution in [2.24, 2.45) is 34.5 Å². The zero-order valence-electron chi connectivity index (χ0n) is 19.2. The molecule has 4 nitrogen and oxygen atoms in total. The van der Waals surface area contributed by atoms with Crippen molar-refractivity contribution in [2.75, 3.05) is 6.61 Å². The molecule has 5 aliphatic rings. The van der Waals surface area contributed by atoms with Gasteiger partial charge in [0.1, 0.15) is 11.4 Å². The fraction of sp³-hybridized carbons (Fsp3) is 0.920. The van der Waals surface area contributed by atoms with E-state index in [0.29, 0.717) is 34.9 Å². The van der Waals surface area contributed by atoms with E-state index in [0.717, 1.165) is 57.7 Å². The molecule has 5 rings (SSSR count). The lowest BCUT2D eigenvalue weighted by Crippen LogP contribution is -2.63. The van der Waals surface area contributed by atoms with Gasteiger partial charge in [0.25, 0.3) is 0 Å². The Morgan fingerprint density at radius 2 is 1.83 bits per heavy atom. The van der Waals surface area contributed by atoms with Gasteiger partial charge in [0.15, 0.2) is 5.78 Å². The maximum atomic E-state index is 13.3. The van der Waals surface area contributed by atoms with Gasteiger partial charge in [-0.05, 0) is 80.4 Å². The molecule has 0 radical (unpaired) electrons. The lowest BCUT2D eigenvalue weighted by atomic mass is 9.44. The molecule has 5 fully saturated rings. The predicted molar refractivity (Wildman–Crippen MR) is 117 cm³/mol. The minimum Gasteiger partial charge on any atom is -0.404 e. The molecule has 0 bridgehead atoms. The first-order valence-corrected chi connectivity index (χ1v) is 12.7. The van der Waals surface area contributed by atoms with Crippen LogP contribution in [0.4, 0.5) is 0 Å². The molecule has 1 heterocycles. The Morgan fingerprint density at radius 1 is 1.03 bits per heavy atom. The standard InChI is InChI=1S/C25H39BO4/c1-4-5-14-26-29-16-22(28)25(30-26)13-10-21-19-7-6-17-15-18(27)8-11-23(17,2)20(19)9-12-24(21,25)3/h17,19-21H,4-16H2,1-3H3. The van der Waals surface area contributed by atoms with E-state index in [2.05, 4.69) is 20.8 Å². The number of Topliss-reactive ketones (excluding diaryl/α,β-unsaturated/α-hetero) is 2. The number of ketones is 2.